The highest BCUT2D eigenvalue weighted by Gasteiger charge is 2.29. The van der Waals surface area contributed by atoms with Crippen LogP contribution in [-0.2, 0) is 14.8 Å². The average molecular weight is 382 g/mol. The summed E-state index contributed by atoms with van der Waals surface area (Å²) in [5.41, 5.74) is 0. The number of benzene rings is 1. The Balaban J connectivity index is 3.21. The zero-order valence-electron chi connectivity index (χ0n) is 12.5. The molecule has 21 heavy (non-hydrogen) atoms. The van der Waals surface area contributed by atoms with E-state index in [1.807, 2.05) is 13.8 Å². The summed E-state index contributed by atoms with van der Waals surface area (Å²) in [4.78, 5) is -0.0359. The van der Waals surface area contributed by atoms with Gasteiger partial charge in [-0.2, -0.15) is 4.31 Å². The highest BCUT2D eigenvalue weighted by Crippen LogP contribution is 2.24. The fourth-order valence-corrected chi connectivity index (χ4v) is 4.16. The van der Waals surface area contributed by atoms with Crippen LogP contribution >= 0.6 is 15.9 Å². The van der Waals surface area contributed by atoms with Crippen molar-refractivity contribution in [3.63, 3.8) is 0 Å². The van der Waals surface area contributed by atoms with Crippen molar-refractivity contribution in [2.24, 2.45) is 0 Å². The number of hydrogen-bond donors (Lipinski definition) is 0. The Morgan fingerprint density at radius 2 is 1.95 bits per heavy atom. The van der Waals surface area contributed by atoms with Crippen molar-refractivity contribution in [1.29, 1.82) is 0 Å². The van der Waals surface area contributed by atoms with E-state index in [0.29, 0.717) is 19.4 Å². The molecule has 0 aliphatic heterocycles. The summed E-state index contributed by atoms with van der Waals surface area (Å²) in [6, 6.07) is 3.73. The van der Waals surface area contributed by atoms with E-state index in [0.717, 1.165) is 6.07 Å². The molecule has 0 fully saturated rings. The minimum Gasteiger partial charge on any atom is -0.383 e. The molecule has 0 radical (unpaired) electrons. The summed E-state index contributed by atoms with van der Waals surface area (Å²) >= 11 is 3.03. The van der Waals surface area contributed by atoms with Crippen LogP contribution in [0.15, 0.2) is 27.6 Å². The maximum Gasteiger partial charge on any atom is 0.243 e. The minimum absolute atomic E-state index is 0.0359. The van der Waals surface area contributed by atoms with E-state index in [9.17, 15) is 12.8 Å². The molecule has 0 heterocycles. The van der Waals surface area contributed by atoms with E-state index in [2.05, 4.69) is 15.9 Å². The van der Waals surface area contributed by atoms with E-state index in [1.54, 1.807) is 0 Å². The lowest BCUT2D eigenvalue weighted by Crippen LogP contribution is -2.41. The predicted octanol–water partition coefficient (Wildman–Crippen LogP) is 3.41. The van der Waals surface area contributed by atoms with Gasteiger partial charge in [-0.1, -0.05) is 13.8 Å². The van der Waals surface area contributed by atoms with Crippen LogP contribution in [0.3, 0.4) is 0 Å². The number of hydrogen-bond acceptors (Lipinski definition) is 3. The van der Waals surface area contributed by atoms with E-state index < -0.39 is 15.8 Å². The van der Waals surface area contributed by atoms with Crippen LogP contribution in [0, 0.1) is 5.82 Å². The zero-order valence-corrected chi connectivity index (χ0v) is 14.9. The molecular formula is C14H21BrFNO3S. The lowest BCUT2D eigenvalue weighted by atomic mass is 10.2. The molecule has 0 saturated carbocycles. The number of methoxy groups -OCH3 is 1. The maximum atomic E-state index is 13.6. The first-order valence-corrected chi connectivity index (χ1v) is 9.07. The van der Waals surface area contributed by atoms with Gasteiger partial charge in [0.25, 0.3) is 0 Å². The third kappa shape index (κ3) is 4.48. The lowest BCUT2D eigenvalue weighted by molar-refractivity contribution is 0.163. The van der Waals surface area contributed by atoms with E-state index in [4.69, 9.17) is 4.74 Å². The SMILES string of the molecule is CCC(CC)N(CCOC)S(=O)(=O)c1ccc(Br)c(F)c1. The second-order valence-electron chi connectivity index (χ2n) is 4.65. The summed E-state index contributed by atoms with van der Waals surface area (Å²) < 4.78 is 45.8. The largest absolute Gasteiger partial charge is 0.383 e. The van der Waals surface area contributed by atoms with Gasteiger partial charge in [0.2, 0.25) is 10.0 Å². The van der Waals surface area contributed by atoms with Crippen molar-refractivity contribution in [2.75, 3.05) is 20.3 Å². The first-order chi connectivity index (χ1) is 9.88. The monoisotopic (exact) mass is 381 g/mol. The Kier molecular flexibility index (Phi) is 7.26. The van der Waals surface area contributed by atoms with Crippen LogP contribution in [0.1, 0.15) is 26.7 Å². The van der Waals surface area contributed by atoms with Gasteiger partial charge in [-0.05, 0) is 47.0 Å². The first-order valence-electron chi connectivity index (χ1n) is 6.84. The fraction of sp³-hybridized carbons (Fsp3) is 0.571. The van der Waals surface area contributed by atoms with Crippen LogP contribution in [-0.4, -0.2) is 39.0 Å². The Labute approximate surface area is 134 Å². The molecule has 1 aromatic carbocycles. The van der Waals surface area contributed by atoms with Crippen LogP contribution in [0.4, 0.5) is 4.39 Å². The maximum absolute atomic E-state index is 13.6. The fourth-order valence-electron chi connectivity index (χ4n) is 2.15. The molecule has 0 bridgehead atoms. The highest BCUT2D eigenvalue weighted by molar-refractivity contribution is 9.10. The standard InChI is InChI=1S/C14H21BrFNO3S/c1-4-11(5-2)17(8-9-20-3)21(18,19)12-6-7-13(15)14(16)10-12/h6-7,10-11H,4-5,8-9H2,1-3H3. The summed E-state index contributed by atoms with van der Waals surface area (Å²) in [7, 11) is -2.22. The van der Waals surface area contributed by atoms with Crippen LogP contribution < -0.4 is 0 Å². The third-order valence-corrected chi connectivity index (χ3v) is 5.95. The number of nitrogens with zero attached hydrogens (tertiary/aromatic N) is 1. The normalized spacial score (nSPS) is 12.3. The van der Waals surface area contributed by atoms with Gasteiger partial charge in [0.05, 0.1) is 16.0 Å². The van der Waals surface area contributed by atoms with E-state index >= 15 is 0 Å². The minimum atomic E-state index is -3.74. The van der Waals surface area contributed by atoms with Gasteiger partial charge in [0, 0.05) is 19.7 Å². The molecule has 7 heteroatoms. The van der Waals surface area contributed by atoms with Crippen molar-refractivity contribution >= 4 is 26.0 Å². The van der Waals surface area contributed by atoms with Gasteiger partial charge >= 0.3 is 0 Å². The molecule has 1 aromatic rings. The van der Waals surface area contributed by atoms with Crippen molar-refractivity contribution in [3.05, 3.63) is 28.5 Å². The molecule has 0 atom stereocenters. The summed E-state index contributed by atoms with van der Waals surface area (Å²) in [5.74, 6) is -0.590. The molecule has 1 rings (SSSR count). The molecular weight excluding hydrogens is 361 g/mol. The molecule has 0 aliphatic rings. The Bertz CT molecular complexity index is 561. The van der Waals surface area contributed by atoms with Gasteiger partial charge in [-0.25, -0.2) is 12.8 Å². The summed E-state index contributed by atoms with van der Waals surface area (Å²) in [6.07, 6.45) is 1.39. The molecule has 0 spiro atoms. The predicted molar refractivity (Wildman–Crippen MR) is 84.2 cm³/mol. The van der Waals surface area contributed by atoms with Crippen molar-refractivity contribution < 1.29 is 17.5 Å². The van der Waals surface area contributed by atoms with Crippen LogP contribution in [0.2, 0.25) is 0 Å². The van der Waals surface area contributed by atoms with Crippen LogP contribution in [0.25, 0.3) is 0 Å². The Morgan fingerprint density at radius 3 is 2.43 bits per heavy atom. The van der Waals surface area contributed by atoms with Gasteiger partial charge in [0.15, 0.2) is 0 Å². The Morgan fingerprint density at radius 1 is 1.33 bits per heavy atom. The highest BCUT2D eigenvalue weighted by atomic mass is 79.9. The van der Waals surface area contributed by atoms with Crippen molar-refractivity contribution in [3.8, 4) is 0 Å². The average Bonchev–Trinajstić information content (AvgIpc) is 2.46. The smallest absolute Gasteiger partial charge is 0.243 e. The molecule has 0 N–H and O–H groups in total. The number of sulfonamides is 1. The zero-order chi connectivity index (χ0) is 16.0. The topological polar surface area (TPSA) is 46.6 Å². The van der Waals surface area contributed by atoms with Gasteiger partial charge in [-0.15, -0.1) is 0 Å². The Hall–Kier alpha value is -0.500. The second kappa shape index (κ2) is 8.22. The quantitative estimate of drug-likeness (QED) is 0.692. The summed E-state index contributed by atoms with van der Waals surface area (Å²) in [5, 5.41) is 0. The van der Waals surface area contributed by atoms with Gasteiger partial charge < -0.3 is 4.74 Å². The molecule has 0 aromatic heterocycles. The molecule has 120 valence electrons. The molecule has 0 amide bonds. The van der Waals surface area contributed by atoms with Crippen molar-refractivity contribution in [1.82, 2.24) is 4.31 Å². The van der Waals surface area contributed by atoms with Crippen LogP contribution in [0.5, 0.6) is 0 Å². The lowest BCUT2D eigenvalue weighted by Gasteiger charge is -2.29. The van der Waals surface area contributed by atoms with E-state index in [1.165, 1.54) is 23.5 Å². The number of rotatable bonds is 8. The molecule has 4 nitrogen and oxygen atoms in total. The number of ether oxygens (including phenoxy) is 1. The van der Waals surface area contributed by atoms with Crippen molar-refractivity contribution in [2.45, 2.75) is 37.6 Å². The van der Waals surface area contributed by atoms with Gasteiger partial charge in [-0.3, -0.25) is 0 Å². The van der Waals surface area contributed by atoms with E-state index in [-0.39, 0.29) is 22.0 Å². The second-order valence-corrected chi connectivity index (χ2v) is 7.40. The molecule has 0 saturated heterocycles. The van der Waals surface area contributed by atoms with Gasteiger partial charge in [0.1, 0.15) is 5.82 Å². The summed E-state index contributed by atoms with van der Waals surface area (Å²) in [6.45, 7) is 4.43. The molecule has 0 aliphatic carbocycles. The first kappa shape index (κ1) is 18.5. The molecule has 0 unspecified atom stereocenters. The third-order valence-electron chi connectivity index (χ3n) is 3.36. The number of halogens is 2.